The summed E-state index contributed by atoms with van der Waals surface area (Å²) in [6.45, 7) is 1.95. The Morgan fingerprint density at radius 3 is 2.47 bits per heavy atom. The number of ether oxygens (including phenoxy) is 1. The number of aryl methyl sites for hydroxylation is 1. The average Bonchev–Trinajstić information content (AvgIpc) is 2.30. The van der Waals surface area contributed by atoms with E-state index in [9.17, 15) is 0 Å². The lowest BCUT2D eigenvalue weighted by Gasteiger charge is -2.10. The SMILES string of the molecule is COc1c(-c2ccccc2)ccnc1C. The van der Waals surface area contributed by atoms with Crippen LogP contribution in [0.4, 0.5) is 0 Å². The monoisotopic (exact) mass is 199 g/mol. The predicted molar refractivity (Wildman–Crippen MR) is 61.0 cm³/mol. The van der Waals surface area contributed by atoms with Crippen molar-refractivity contribution in [3.63, 3.8) is 0 Å². The van der Waals surface area contributed by atoms with E-state index in [0.29, 0.717) is 0 Å². The number of nitrogens with zero attached hydrogens (tertiary/aromatic N) is 1. The van der Waals surface area contributed by atoms with Crippen molar-refractivity contribution in [2.24, 2.45) is 0 Å². The minimum Gasteiger partial charge on any atom is -0.494 e. The topological polar surface area (TPSA) is 22.1 Å². The third-order valence-electron chi connectivity index (χ3n) is 2.37. The van der Waals surface area contributed by atoms with Gasteiger partial charge in [0.2, 0.25) is 0 Å². The van der Waals surface area contributed by atoms with Gasteiger partial charge in [-0.15, -0.1) is 0 Å². The van der Waals surface area contributed by atoms with Crippen LogP contribution in [0.25, 0.3) is 11.1 Å². The Morgan fingerprint density at radius 1 is 1.07 bits per heavy atom. The zero-order valence-corrected chi connectivity index (χ0v) is 8.90. The Hall–Kier alpha value is -1.83. The Bertz CT molecular complexity index is 451. The lowest BCUT2D eigenvalue weighted by atomic mass is 10.1. The van der Waals surface area contributed by atoms with Crippen molar-refractivity contribution in [1.82, 2.24) is 4.98 Å². The van der Waals surface area contributed by atoms with Gasteiger partial charge < -0.3 is 4.74 Å². The number of rotatable bonds is 2. The zero-order chi connectivity index (χ0) is 10.7. The van der Waals surface area contributed by atoms with E-state index in [2.05, 4.69) is 17.1 Å². The van der Waals surface area contributed by atoms with Crippen LogP contribution in [0.2, 0.25) is 0 Å². The fourth-order valence-corrected chi connectivity index (χ4v) is 1.66. The van der Waals surface area contributed by atoms with Crippen molar-refractivity contribution >= 4 is 0 Å². The predicted octanol–water partition coefficient (Wildman–Crippen LogP) is 3.07. The van der Waals surface area contributed by atoms with Crippen LogP contribution in [-0.4, -0.2) is 12.1 Å². The standard InChI is InChI=1S/C13H13NO/c1-10-13(15-2)12(8-9-14-10)11-6-4-3-5-7-11/h3-9H,1-2H3. The smallest absolute Gasteiger partial charge is 0.147 e. The van der Waals surface area contributed by atoms with Gasteiger partial charge in [0.25, 0.3) is 0 Å². The molecule has 1 aromatic heterocycles. The molecule has 0 aliphatic rings. The molecule has 0 saturated heterocycles. The second-order valence-corrected chi connectivity index (χ2v) is 3.34. The molecule has 0 bridgehead atoms. The molecule has 15 heavy (non-hydrogen) atoms. The quantitative estimate of drug-likeness (QED) is 0.741. The number of hydrogen-bond donors (Lipinski definition) is 0. The summed E-state index contributed by atoms with van der Waals surface area (Å²) < 4.78 is 5.37. The van der Waals surface area contributed by atoms with E-state index in [0.717, 1.165) is 22.6 Å². The van der Waals surface area contributed by atoms with Gasteiger partial charge in [-0.05, 0) is 18.6 Å². The molecule has 2 rings (SSSR count). The Morgan fingerprint density at radius 2 is 1.80 bits per heavy atom. The minimum atomic E-state index is 0.851. The number of pyridine rings is 1. The highest BCUT2D eigenvalue weighted by Gasteiger charge is 2.07. The molecule has 2 nitrogen and oxygen atoms in total. The molecule has 2 heteroatoms. The van der Waals surface area contributed by atoms with Gasteiger partial charge in [0.1, 0.15) is 5.75 Å². The molecule has 0 spiro atoms. The first-order chi connectivity index (χ1) is 7.33. The highest BCUT2D eigenvalue weighted by atomic mass is 16.5. The summed E-state index contributed by atoms with van der Waals surface area (Å²) in [5.74, 6) is 0.851. The third kappa shape index (κ3) is 1.84. The molecule has 0 saturated carbocycles. The maximum Gasteiger partial charge on any atom is 0.147 e. The first-order valence-electron chi connectivity index (χ1n) is 4.88. The van der Waals surface area contributed by atoms with E-state index in [4.69, 9.17) is 4.74 Å². The maximum atomic E-state index is 5.37. The van der Waals surface area contributed by atoms with Gasteiger partial charge in [-0.3, -0.25) is 4.98 Å². The van der Waals surface area contributed by atoms with Crippen LogP contribution >= 0.6 is 0 Å². The van der Waals surface area contributed by atoms with Gasteiger partial charge in [0, 0.05) is 11.8 Å². The molecule has 0 radical (unpaired) electrons. The fourth-order valence-electron chi connectivity index (χ4n) is 1.66. The van der Waals surface area contributed by atoms with Crippen molar-refractivity contribution in [3.05, 3.63) is 48.3 Å². The van der Waals surface area contributed by atoms with Crippen LogP contribution < -0.4 is 4.74 Å². The number of methoxy groups -OCH3 is 1. The van der Waals surface area contributed by atoms with Crippen LogP contribution in [0.3, 0.4) is 0 Å². The maximum absolute atomic E-state index is 5.37. The molecule has 76 valence electrons. The van der Waals surface area contributed by atoms with Gasteiger partial charge >= 0.3 is 0 Å². The third-order valence-corrected chi connectivity index (χ3v) is 2.37. The lowest BCUT2D eigenvalue weighted by Crippen LogP contribution is -1.93. The summed E-state index contributed by atoms with van der Waals surface area (Å²) in [4.78, 5) is 4.21. The van der Waals surface area contributed by atoms with Crippen LogP contribution in [0.15, 0.2) is 42.6 Å². The summed E-state index contributed by atoms with van der Waals surface area (Å²) in [5, 5.41) is 0. The Kier molecular flexibility index (Phi) is 2.68. The molecule has 0 fully saturated rings. The fraction of sp³-hybridized carbons (Fsp3) is 0.154. The highest BCUT2D eigenvalue weighted by Crippen LogP contribution is 2.30. The summed E-state index contributed by atoms with van der Waals surface area (Å²) in [7, 11) is 1.68. The van der Waals surface area contributed by atoms with E-state index in [1.54, 1.807) is 13.3 Å². The summed E-state index contributed by atoms with van der Waals surface area (Å²) in [6, 6.07) is 12.1. The molecule has 0 aliphatic heterocycles. The van der Waals surface area contributed by atoms with Gasteiger partial charge in [-0.1, -0.05) is 30.3 Å². The summed E-state index contributed by atoms with van der Waals surface area (Å²) >= 11 is 0. The first-order valence-corrected chi connectivity index (χ1v) is 4.88. The van der Waals surface area contributed by atoms with E-state index in [1.807, 2.05) is 31.2 Å². The Labute approximate surface area is 89.6 Å². The molecular formula is C13H13NO. The molecule has 2 aromatic rings. The molecule has 1 aromatic carbocycles. The first kappa shape index (κ1) is 9.71. The van der Waals surface area contributed by atoms with Gasteiger partial charge in [-0.2, -0.15) is 0 Å². The number of hydrogen-bond acceptors (Lipinski definition) is 2. The molecule has 0 N–H and O–H groups in total. The second kappa shape index (κ2) is 4.13. The number of aromatic nitrogens is 1. The van der Waals surface area contributed by atoms with Crippen molar-refractivity contribution in [2.45, 2.75) is 6.92 Å². The van der Waals surface area contributed by atoms with Gasteiger partial charge in [0.05, 0.1) is 12.8 Å². The second-order valence-electron chi connectivity index (χ2n) is 3.34. The van der Waals surface area contributed by atoms with Gasteiger partial charge in [-0.25, -0.2) is 0 Å². The lowest BCUT2D eigenvalue weighted by molar-refractivity contribution is 0.411. The largest absolute Gasteiger partial charge is 0.494 e. The summed E-state index contributed by atoms with van der Waals surface area (Å²) in [6.07, 6.45) is 1.81. The minimum absolute atomic E-state index is 0.851. The highest BCUT2D eigenvalue weighted by molar-refractivity contribution is 5.70. The van der Waals surface area contributed by atoms with E-state index in [-0.39, 0.29) is 0 Å². The van der Waals surface area contributed by atoms with Crippen LogP contribution in [0, 0.1) is 6.92 Å². The molecular weight excluding hydrogens is 186 g/mol. The van der Waals surface area contributed by atoms with E-state index < -0.39 is 0 Å². The molecule has 0 amide bonds. The number of benzene rings is 1. The van der Waals surface area contributed by atoms with Crippen molar-refractivity contribution in [2.75, 3.05) is 7.11 Å². The zero-order valence-electron chi connectivity index (χ0n) is 8.90. The van der Waals surface area contributed by atoms with Crippen molar-refractivity contribution in [1.29, 1.82) is 0 Å². The van der Waals surface area contributed by atoms with Crippen molar-refractivity contribution < 1.29 is 4.74 Å². The van der Waals surface area contributed by atoms with Gasteiger partial charge in [0.15, 0.2) is 0 Å². The van der Waals surface area contributed by atoms with Crippen LogP contribution in [0.5, 0.6) is 5.75 Å². The molecule has 0 atom stereocenters. The Balaban J connectivity index is 2.58. The van der Waals surface area contributed by atoms with Crippen LogP contribution in [-0.2, 0) is 0 Å². The van der Waals surface area contributed by atoms with Crippen molar-refractivity contribution in [3.8, 4) is 16.9 Å². The normalized spacial score (nSPS) is 10.0. The average molecular weight is 199 g/mol. The molecule has 0 aliphatic carbocycles. The van der Waals surface area contributed by atoms with Crippen LogP contribution in [0.1, 0.15) is 5.69 Å². The molecule has 1 heterocycles. The van der Waals surface area contributed by atoms with E-state index >= 15 is 0 Å². The summed E-state index contributed by atoms with van der Waals surface area (Å²) in [5.41, 5.74) is 3.16. The van der Waals surface area contributed by atoms with E-state index in [1.165, 1.54) is 0 Å². The molecule has 0 unspecified atom stereocenters.